The maximum Gasteiger partial charge on any atom is 0.324 e. The summed E-state index contributed by atoms with van der Waals surface area (Å²) in [5.74, 6) is -1.12. The lowest BCUT2D eigenvalue weighted by Crippen LogP contribution is -2.59. The Morgan fingerprint density at radius 1 is 0.625 bits per heavy atom. The lowest BCUT2D eigenvalue weighted by molar-refractivity contribution is -0.147. The van der Waals surface area contributed by atoms with E-state index < -0.39 is 33.6 Å². The lowest BCUT2D eigenvalue weighted by Gasteiger charge is -2.41. The SMILES string of the molecule is COC(=O)C1CCCN1N(c1ccc(-c2ccccc2S(=O)(=O)NC(c2ccccc2)(c2ccccc2)c2ccccc2)cc1)C(C(=O)Cc1ccccc1)C(=O)Cc1ccccc1. The number of nitrogens with zero attached hydrogens (tertiary/aromatic N) is 2. The highest BCUT2D eigenvalue weighted by Crippen LogP contribution is 2.40. The Kier molecular flexibility index (Phi) is 13.4. The molecule has 0 amide bonds. The molecule has 64 heavy (non-hydrogen) atoms. The zero-order valence-corrected chi connectivity index (χ0v) is 36.3. The summed E-state index contributed by atoms with van der Waals surface area (Å²) in [5.41, 5.74) is 3.95. The van der Waals surface area contributed by atoms with Crippen molar-refractivity contribution in [1.29, 1.82) is 0 Å². The number of anilines is 1. The van der Waals surface area contributed by atoms with Crippen molar-refractivity contribution in [2.75, 3.05) is 18.7 Å². The average Bonchev–Trinajstić information content (AvgIpc) is 3.83. The Bertz CT molecular complexity index is 2640. The summed E-state index contributed by atoms with van der Waals surface area (Å²) in [6.45, 7) is 0.397. The second-order valence-electron chi connectivity index (χ2n) is 15.8. The van der Waals surface area contributed by atoms with E-state index in [1.54, 1.807) is 58.5 Å². The van der Waals surface area contributed by atoms with Gasteiger partial charge in [0.1, 0.15) is 11.6 Å². The van der Waals surface area contributed by atoms with Crippen molar-refractivity contribution >= 4 is 33.2 Å². The molecule has 1 aliphatic heterocycles. The van der Waals surface area contributed by atoms with Crippen molar-refractivity contribution in [1.82, 2.24) is 9.73 Å². The van der Waals surface area contributed by atoms with E-state index in [9.17, 15) is 14.4 Å². The lowest BCUT2D eigenvalue weighted by atomic mass is 9.78. The van der Waals surface area contributed by atoms with Gasteiger partial charge in [0, 0.05) is 24.9 Å². The second-order valence-corrected chi connectivity index (χ2v) is 17.5. The van der Waals surface area contributed by atoms with Gasteiger partial charge in [-0.05, 0) is 64.4 Å². The Morgan fingerprint density at radius 2 is 1.06 bits per heavy atom. The molecule has 9 nitrogen and oxygen atoms in total. The Labute approximate surface area is 375 Å². The van der Waals surface area contributed by atoms with Crippen LogP contribution >= 0.6 is 0 Å². The van der Waals surface area contributed by atoms with E-state index in [4.69, 9.17) is 4.74 Å². The first-order valence-electron chi connectivity index (χ1n) is 21.4. The minimum Gasteiger partial charge on any atom is -0.468 e. The number of ketones is 2. The standard InChI is InChI=1S/C54H49N3O6S/c1-63-53(60)48-31-19-37-56(48)57(52(49(58)38-40-20-7-2-8-21-40)50(59)39-41-22-9-3-10-23-41)46-35-33-42(34-36-46)47-30-17-18-32-51(47)64(61,62)55-54(43-24-11-4-12-25-43,44-26-13-5-14-27-44)45-28-15-6-16-29-45/h2-18,20-30,32-36,48,52,55H,19,31,37-39H2,1H3. The normalized spacial score (nSPS) is 14.2. The second kappa shape index (κ2) is 19.6. The predicted octanol–water partition coefficient (Wildman–Crippen LogP) is 8.98. The predicted molar refractivity (Wildman–Crippen MR) is 250 cm³/mol. The van der Waals surface area contributed by atoms with Crippen LogP contribution < -0.4 is 9.73 Å². The highest BCUT2D eigenvalue weighted by molar-refractivity contribution is 7.89. The van der Waals surface area contributed by atoms with Gasteiger partial charge in [0.05, 0.1) is 17.7 Å². The largest absolute Gasteiger partial charge is 0.468 e. The number of esters is 1. The van der Waals surface area contributed by atoms with Crippen LogP contribution in [0.25, 0.3) is 11.1 Å². The molecule has 7 aromatic carbocycles. The topological polar surface area (TPSA) is 113 Å². The number of carbonyl (C=O) groups is 3. The van der Waals surface area contributed by atoms with Crippen molar-refractivity contribution in [3.8, 4) is 11.1 Å². The van der Waals surface area contributed by atoms with Crippen LogP contribution in [0.1, 0.15) is 40.7 Å². The van der Waals surface area contributed by atoms with Crippen molar-refractivity contribution in [3.63, 3.8) is 0 Å². The number of hydrazine groups is 1. The summed E-state index contributed by atoms with van der Waals surface area (Å²) in [6.07, 6.45) is 1.09. The molecule has 1 fully saturated rings. The molecule has 0 bridgehead atoms. The van der Waals surface area contributed by atoms with Gasteiger partial charge in [0.15, 0.2) is 17.6 Å². The number of rotatable bonds is 17. The first kappa shape index (κ1) is 43.7. The minimum absolute atomic E-state index is 0.00792. The molecule has 7 aromatic rings. The number of hydrogen-bond acceptors (Lipinski definition) is 8. The van der Waals surface area contributed by atoms with E-state index in [1.807, 2.05) is 152 Å². The summed E-state index contributed by atoms with van der Waals surface area (Å²) >= 11 is 0. The molecule has 1 saturated heterocycles. The molecule has 1 aliphatic rings. The number of ether oxygens (including phenoxy) is 1. The van der Waals surface area contributed by atoms with Crippen molar-refractivity contribution < 1.29 is 27.5 Å². The van der Waals surface area contributed by atoms with E-state index in [2.05, 4.69) is 4.72 Å². The van der Waals surface area contributed by atoms with Crippen LogP contribution in [0, 0.1) is 0 Å². The van der Waals surface area contributed by atoms with Gasteiger partial charge in [-0.1, -0.05) is 182 Å². The molecule has 10 heteroatoms. The van der Waals surface area contributed by atoms with E-state index in [-0.39, 0.29) is 29.3 Å². The molecule has 322 valence electrons. The number of nitrogens with one attached hydrogen (secondary N) is 1. The number of Topliss-reactive ketones (excluding diaryl/α,β-unsaturated/α-hetero) is 2. The summed E-state index contributed by atoms with van der Waals surface area (Å²) in [4.78, 5) is 42.7. The van der Waals surface area contributed by atoms with E-state index in [0.29, 0.717) is 36.2 Å². The minimum atomic E-state index is -4.31. The fourth-order valence-corrected chi connectivity index (χ4v) is 10.4. The number of carbonyl (C=O) groups excluding carboxylic acids is 3. The molecular weight excluding hydrogens is 819 g/mol. The van der Waals surface area contributed by atoms with Gasteiger partial charge < -0.3 is 4.74 Å². The summed E-state index contributed by atoms with van der Waals surface area (Å²) < 4.78 is 38.7. The molecular formula is C54H49N3O6S. The van der Waals surface area contributed by atoms with Gasteiger partial charge in [0.25, 0.3) is 0 Å². The van der Waals surface area contributed by atoms with Gasteiger partial charge in [-0.15, -0.1) is 0 Å². The monoisotopic (exact) mass is 867 g/mol. The van der Waals surface area contributed by atoms with E-state index in [1.165, 1.54) is 7.11 Å². The summed E-state index contributed by atoms with van der Waals surface area (Å²) in [5, 5.41) is 3.46. The molecule has 0 radical (unpaired) electrons. The molecule has 0 spiro atoms. The van der Waals surface area contributed by atoms with Crippen LogP contribution in [0.5, 0.6) is 0 Å². The number of sulfonamides is 1. The summed E-state index contributed by atoms with van der Waals surface area (Å²) in [6, 6.07) is 59.1. The molecule has 1 unspecified atom stereocenters. The molecule has 8 rings (SSSR count). The van der Waals surface area contributed by atoms with Crippen molar-refractivity contribution in [2.45, 2.75) is 48.2 Å². The third kappa shape index (κ3) is 9.21. The number of benzene rings is 7. The van der Waals surface area contributed by atoms with E-state index in [0.717, 1.165) is 27.8 Å². The smallest absolute Gasteiger partial charge is 0.324 e. The quantitative estimate of drug-likeness (QED) is 0.0549. The Hall–Kier alpha value is -6.98. The highest BCUT2D eigenvalue weighted by atomic mass is 32.2. The molecule has 1 N–H and O–H groups in total. The molecule has 1 heterocycles. The van der Waals surface area contributed by atoms with Gasteiger partial charge in [-0.25, -0.2) is 13.4 Å². The third-order valence-electron chi connectivity index (χ3n) is 11.8. The summed E-state index contributed by atoms with van der Waals surface area (Å²) in [7, 11) is -2.97. The number of methoxy groups -OCH3 is 1. The van der Waals surface area contributed by atoms with Crippen LogP contribution in [0.4, 0.5) is 5.69 Å². The Morgan fingerprint density at radius 3 is 1.53 bits per heavy atom. The van der Waals surface area contributed by atoms with Crippen LogP contribution in [0.15, 0.2) is 205 Å². The van der Waals surface area contributed by atoms with Crippen LogP contribution in [-0.2, 0) is 47.5 Å². The van der Waals surface area contributed by atoms with Gasteiger partial charge in [-0.3, -0.25) is 19.4 Å². The zero-order valence-electron chi connectivity index (χ0n) is 35.5. The fraction of sp³-hybridized carbons (Fsp3) is 0.167. The third-order valence-corrected chi connectivity index (χ3v) is 13.3. The molecule has 0 aromatic heterocycles. The molecule has 1 atom stereocenters. The van der Waals surface area contributed by atoms with Gasteiger partial charge in [-0.2, -0.15) is 4.72 Å². The first-order chi connectivity index (χ1) is 31.2. The molecule has 0 aliphatic carbocycles. The van der Waals surface area contributed by atoms with Crippen molar-refractivity contribution in [2.24, 2.45) is 0 Å². The number of hydrogen-bond donors (Lipinski definition) is 1. The fourth-order valence-electron chi connectivity index (χ4n) is 8.80. The maximum absolute atomic E-state index is 15.1. The average molecular weight is 868 g/mol. The van der Waals surface area contributed by atoms with Crippen molar-refractivity contribution in [3.05, 3.63) is 228 Å². The van der Waals surface area contributed by atoms with Crippen LogP contribution in [0.3, 0.4) is 0 Å². The molecule has 0 saturated carbocycles. The van der Waals surface area contributed by atoms with Gasteiger partial charge in [0.2, 0.25) is 10.0 Å². The highest BCUT2D eigenvalue weighted by Gasteiger charge is 2.44. The van der Waals surface area contributed by atoms with Crippen LogP contribution in [0.2, 0.25) is 0 Å². The van der Waals surface area contributed by atoms with Crippen LogP contribution in [-0.4, -0.2) is 56.7 Å². The Balaban J connectivity index is 1.22. The maximum atomic E-state index is 15.1. The zero-order chi connectivity index (χ0) is 44.5. The van der Waals surface area contributed by atoms with E-state index >= 15 is 8.42 Å². The first-order valence-corrected chi connectivity index (χ1v) is 22.8. The van der Waals surface area contributed by atoms with Gasteiger partial charge >= 0.3 is 5.97 Å².